The second-order valence-electron chi connectivity index (χ2n) is 5.71. The van der Waals surface area contributed by atoms with Gasteiger partial charge in [0, 0.05) is 5.56 Å². The summed E-state index contributed by atoms with van der Waals surface area (Å²) in [5, 5.41) is 3.01. The highest BCUT2D eigenvalue weighted by Gasteiger charge is 2.19. The quantitative estimate of drug-likeness (QED) is 0.724. The number of amides is 1. The van der Waals surface area contributed by atoms with E-state index in [0.717, 1.165) is 5.56 Å². The molecule has 0 spiro atoms. The number of ether oxygens (including phenoxy) is 3. The number of hydrogen-bond acceptors (Lipinski definition) is 4. The number of nitrogens with one attached hydrogen (secondary N) is 1. The maximum atomic E-state index is 12.7. The van der Waals surface area contributed by atoms with Crippen molar-refractivity contribution >= 4 is 5.91 Å². The van der Waals surface area contributed by atoms with Gasteiger partial charge < -0.3 is 19.5 Å². The number of benzene rings is 2. The third kappa shape index (κ3) is 4.91. The molecule has 0 bridgehead atoms. The van der Waals surface area contributed by atoms with Crippen LogP contribution < -0.4 is 19.5 Å². The summed E-state index contributed by atoms with van der Waals surface area (Å²) < 4.78 is 17.0. The van der Waals surface area contributed by atoms with Gasteiger partial charge in [-0.2, -0.15) is 0 Å². The van der Waals surface area contributed by atoms with Gasteiger partial charge in [0.1, 0.15) is 0 Å². The van der Waals surface area contributed by atoms with Gasteiger partial charge in [-0.15, -0.1) is 0 Å². The first-order chi connectivity index (χ1) is 12.6. The molecule has 1 atom stereocenters. The van der Waals surface area contributed by atoms with Crippen LogP contribution in [-0.2, 0) is 0 Å². The molecule has 0 aromatic heterocycles. The summed E-state index contributed by atoms with van der Waals surface area (Å²) in [7, 11) is 0. The monoisotopic (exact) mass is 357 g/mol. The first-order valence-corrected chi connectivity index (χ1v) is 9.02. The fourth-order valence-electron chi connectivity index (χ4n) is 2.62. The molecule has 0 fully saturated rings. The van der Waals surface area contributed by atoms with Crippen molar-refractivity contribution in [2.24, 2.45) is 0 Å². The van der Waals surface area contributed by atoms with Crippen molar-refractivity contribution in [3.05, 3.63) is 53.6 Å². The van der Waals surface area contributed by atoms with Crippen molar-refractivity contribution in [1.29, 1.82) is 0 Å². The zero-order chi connectivity index (χ0) is 18.9. The van der Waals surface area contributed by atoms with E-state index >= 15 is 0 Å². The molecule has 140 valence electrons. The van der Waals surface area contributed by atoms with Gasteiger partial charge in [-0.25, -0.2) is 0 Å². The summed E-state index contributed by atoms with van der Waals surface area (Å²) in [5.74, 6) is 1.37. The number of hydrogen-bond donors (Lipinski definition) is 1. The van der Waals surface area contributed by atoms with Crippen LogP contribution in [-0.4, -0.2) is 25.7 Å². The van der Waals surface area contributed by atoms with Crippen LogP contribution >= 0.6 is 0 Å². The van der Waals surface area contributed by atoms with Crippen LogP contribution in [0.25, 0.3) is 0 Å². The molecular formula is C21H27NO4. The van der Waals surface area contributed by atoms with Gasteiger partial charge in [-0.05, 0) is 45.4 Å². The molecule has 2 rings (SSSR count). The van der Waals surface area contributed by atoms with Gasteiger partial charge in [0.15, 0.2) is 11.5 Å². The van der Waals surface area contributed by atoms with E-state index in [1.54, 1.807) is 12.1 Å². The Kier molecular flexibility index (Phi) is 7.33. The lowest BCUT2D eigenvalue weighted by molar-refractivity contribution is 0.0938. The Morgan fingerprint density at radius 3 is 1.96 bits per heavy atom. The minimum atomic E-state index is -0.189. The molecule has 0 radical (unpaired) electrons. The van der Waals surface area contributed by atoms with E-state index < -0.39 is 0 Å². The molecular weight excluding hydrogens is 330 g/mol. The first-order valence-electron chi connectivity index (χ1n) is 9.02. The van der Waals surface area contributed by atoms with Crippen LogP contribution in [0, 0.1) is 0 Å². The predicted molar refractivity (Wildman–Crippen MR) is 102 cm³/mol. The standard InChI is InChI=1S/C21H27NO4/c1-5-24-18-13-17(14-19(25-6-2)20(18)26-7-3)21(23)22-15(4)16-11-9-8-10-12-16/h8-15H,5-7H2,1-4H3,(H,22,23). The molecule has 0 saturated carbocycles. The Balaban J connectivity index is 2.30. The first kappa shape index (κ1) is 19.6. The lowest BCUT2D eigenvalue weighted by Crippen LogP contribution is -2.26. The summed E-state index contributed by atoms with van der Waals surface area (Å²) in [6.07, 6.45) is 0. The topological polar surface area (TPSA) is 56.8 Å². The van der Waals surface area contributed by atoms with Crippen molar-refractivity contribution in [3.8, 4) is 17.2 Å². The molecule has 0 heterocycles. The molecule has 5 heteroatoms. The zero-order valence-electron chi connectivity index (χ0n) is 15.9. The fourth-order valence-corrected chi connectivity index (χ4v) is 2.62. The van der Waals surface area contributed by atoms with Crippen molar-refractivity contribution in [3.63, 3.8) is 0 Å². The number of rotatable bonds is 9. The Morgan fingerprint density at radius 2 is 1.46 bits per heavy atom. The van der Waals surface area contributed by atoms with E-state index in [0.29, 0.717) is 42.6 Å². The second kappa shape index (κ2) is 9.70. The van der Waals surface area contributed by atoms with Crippen molar-refractivity contribution < 1.29 is 19.0 Å². The van der Waals surface area contributed by atoms with E-state index in [-0.39, 0.29) is 11.9 Å². The van der Waals surface area contributed by atoms with Crippen LogP contribution in [0.4, 0.5) is 0 Å². The average molecular weight is 357 g/mol. The minimum absolute atomic E-state index is 0.110. The van der Waals surface area contributed by atoms with Gasteiger partial charge in [0.2, 0.25) is 5.75 Å². The van der Waals surface area contributed by atoms with Gasteiger partial charge in [0.25, 0.3) is 5.91 Å². The molecule has 1 N–H and O–H groups in total. The normalized spacial score (nSPS) is 11.5. The molecule has 1 unspecified atom stereocenters. The smallest absolute Gasteiger partial charge is 0.252 e. The summed E-state index contributed by atoms with van der Waals surface area (Å²) in [6.45, 7) is 9.05. The molecule has 2 aromatic carbocycles. The Bertz CT molecular complexity index is 688. The highest BCUT2D eigenvalue weighted by atomic mass is 16.5. The molecule has 0 aliphatic heterocycles. The maximum absolute atomic E-state index is 12.7. The van der Waals surface area contributed by atoms with Crippen LogP contribution in [0.3, 0.4) is 0 Å². The largest absolute Gasteiger partial charge is 0.490 e. The molecule has 26 heavy (non-hydrogen) atoms. The third-order valence-corrected chi connectivity index (χ3v) is 3.82. The molecule has 5 nitrogen and oxygen atoms in total. The molecule has 2 aromatic rings. The van der Waals surface area contributed by atoms with Crippen molar-refractivity contribution in [2.75, 3.05) is 19.8 Å². The minimum Gasteiger partial charge on any atom is -0.490 e. The van der Waals surface area contributed by atoms with E-state index in [4.69, 9.17) is 14.2 Å². The maximum Gasteiger partial charge on any atom is 0.252 e. The summed E-state index contributed by atoms with van der Waals surface area (Å²) >= 11 is 0. The zero-order valence-corrected chi connectivity index (χ0v) is 15.9. The van der Waals surface area contributed by atoms with Gasteiger partial charge in [-0.3, -0.25) is 4.79 Å². The predicted octanol–water partition coefficient (Wildman–Crippen LogP) is 4.37. The highest BCUT2D eigenvalue weighted by molar-refractivity contribution is 5.95. The number of carbonyl (C=O) groups excluding carboxylic acids is 1. The average Bonchev–Trinajstić information content (AvgIpc) is 2.65. The summed E-state index contributed by atoms with van der Waals surface area (Å²) in [4.78, 5) is 12.7. The Morgan fingerprint density at radius 1 is 0.923 bits per heavy atom. The van der Waals surface area contributed by atoms with Crippen molar-refractivity contribution in [1.82, 2.24) is 5.32 Å². The fraction of sp³-hybridized carbons (Fsp3) is 0.381. The summed E-state index contributed by atoms with van der Waals surface area (Å²) in [6, 6.07) is 13.1. The molecule has 0 aliphatic carbocycles. The Labute approximate surface area is 155 Å². The van der Waals surface area contributed by atoms with Gasteiger partial charge in [0.05, 0.1) is 25.9 Å². The van der Waals surface area contributed by atoms with E-state index in [1.807, 2.05) is 58.0 Å². The van der Waals surface area contributed by atoms with Crippen LogP contribution in [0.2, 0.25) is 0 Å². The van der Waals surface area contributed by atoms with Crippen LogP contribution in [0.5, 0.6) is 17.2 Å². The lowest BCUT2D eigenvalue weighted by Gasteiger charge is -2.18. The van der Waals surface area contributed by atoms with Gasteiger partial charge in [-0.1, -0.05) is 30.3 Å². The summed E-state index contributed by atoms with van der Waals surface area (Å²) in [5.41, 5.74) is 1.52. The third-order valence-electron chi connectivity index (χ3n) is 3.82. The number of carbonyl (C=O) groups is 1. The van der Waals surface area contributed by atoms with E-state index in [2.05, 4.69) is 5.32 Å². The van der Waals surface area contributed by atoms with Crippen molar-refractivity contribution in [2.45, 2.75) is 33.7 Å². The second-order valence-corrected chi connectivity index (χ2v) is 5.71. The van der Waals surface area contributed by atoms with Crippen LogP contribution in [0.15, 0.2) is 42.5 Å². The van der Waals surface area contributed by atoms with E-state index in [1.165, 1.54) is 0 Å². The molecule has 1 amide bonds. The molecule has 0 aliphatic rings. The van der Waals surface area contributed by atoms with E-state index in [9.17, 15) is 4.79 Å². The van der Waals surface area contributed by atoms with Crippen LogP contribution in [0.1, 0.15) is 49.7 Å². The highest BCUT2D eigenvalue weighted by Crippen LogP contribution is 2.39. The SMILES string of the molecule is CCOc1cc(C(=O)NC(C)c2ccccc2)cc(OCC)c1OCC. The Hall–Kier alpha value is -2.69. The molecule has 0 saturated heterocycles. The van der Waals surface area contributed by atoms with Gasteiger partial charge >= 0.3 is 0 Å². The lowest BCUT2D eigenvalue weighted by atomic mass is 10.1.